The second-order valence-electron chi connectivity index (χ2n) is 4.68. The summed E-state index contributed by atoms with van der Waals surface area (Å²) in [6.45, 7) is 4.10. The van der Waals surface area contributed by atoms with Gasteiger partial charge in [0, 0.05) is 28.7 Å². The van der Waals surface area contributed by atoms with Gasteiger partial charge in [0.2, 0.25) is 0 Å². The minimum atomic E-state index is -0.160. The molecular formula is C17H17N3O. The summed E-state index contributed by atoms with van der Waals surface area (Å²) in [5.74, 6) is 5.60. The maximum atomic E-state index is 12.2. The lowest BCUT2D eigenvalue weighted by atomic mass is 10.1. The van der Waals surface area contributed by atoms with Crippen LogP contribution in [-0.2, 0) is 0 Å². The Morgan fingerprint density at radius 2 is 2.10 bits per heavy atom. The van der Waals surface area contributed by atoms with E-state index < -0.39 is 0 Å². The minimum absolute atomic E-state index is 0.160. The number of aromatic nitrogens is 1. The molecule has 2 rings (SSSR count). The summed E-state index contributed by atoms with van der Waals surface area (Å²) in [4.78, 5) is 16.3. The lowest BCUT2D eigenvalue weighted by Crippen LogP contribution is -2.13. The molecule has 0 unspecified atom stereocenters. The van der Waals surface area contributed by atoms with Crippen molar-refractivity contribution in [3.05, 3.63) is 58.9 Å². The van der Waals surface area contributed by atoms with Crippen LogP contribution in [0.25, 0.3) is 0 Å². The number of rotatable bonds is 2. The molecule has 4 heteroatoms. The quantitative estimate of drug-likeness (QED) is 0.829. The van der Waals surface area contributed by atoms with E-state index in [-0.39, 0.29) is 5.91 Å². The average molecular weight is 279 g/mol. The van der Waals surface area contributed by atoms with E-state index >= 15 is 0 Å². The van der Waals surface area contributed by atoms with Crippen LogP contribution < -0.4 is 11.1 Å². The Morgan fingerprint density at radius 1 is 1.29 bits per heavy atom. The van der Waals surface area contributed by atoms with Crippen molar-refractivity contribution in [1.82, 2.24) is 4.98 Å². The maximum Gasteiger partial charge on any atom is 0.255 e. The summed E-state index contributed by atoms with van der Waals surface area (Å²) in [6.07, 6.45) is 1.63. The summed E-state index contributed by atoms with van der Waals surface area (Å²) in [6, 6.07) is 9.13. The number of carbonyl (C=O) groups is 1. The van der Waals surface area contributed by atoms with E-state index in [1.165, 1.54) is 0 Å². The molecule has 0 atom stereocenters. The Kier molecular flexibility index (Phi) is 4.70. The SMILES string of the molecule is Cc1cc(C(=O)Nc2cc(C#CCN)ccc2C)ccn1. The van der Waals surface area contributed by atoms with Gasteiger partial charge in [0.25, 0.3) is 5.91 Å². The third-order valence-electron chi connectivity index (χ3n) is 2.98. The van der Waals surface area contributed by atoms with E-state index in [9.17, 15) is 4.79 Å². The largest absolute Gasteiger partial charge is 0.322 e. The first-order valence-electron chi connectivity index (χ1n) is 6.64. The Bertz CT molecular complexity index is 726. The molecule has 0 aliphatic rings. The zero-order valence-electron chi connectivity index (χ0n) is 12.1. The van der Waals surface area contributed by atoms with Crippen LogP contribution in [-0.4, -0.2) is 17.4 Å². The van der Waals surface area contributed by atoms with Gasteiger partial charge < -0.3 is 11.1 Å². The van der Waals surface area contributed by atoms with Gasteiger partial charge in [0.1, 0.15) is 0 Å². The number of pyridine rings is 1. The number of anilines is 1. The van der Waals surface area contributed by atoms with Crippen molar-refractivity contribution >= 4 is 11.6 Å². The van der Waals surface area contributed by atoms with E-state index in [1.807, 2.05) is 32.0 Å². The Labute approximate surface area is 124 Å². The predicted molar refractivity (Wildman–Crippen MR) is 84.0 cm³/mol. The number of nitrogens with two attached hydrogens (primary N) is 1. The Morgan fingerprint density at radius 3 is 2.81 bits per heavy atom. The van der Waals surface area contributed by atoms with E-state index in [0.29, 0.717) is 12.1 Å². The van der Waals surface area contributed by atoms with Gasteiger partial charge in [-0.25, -0.2) is 0 Å². The van der Waals surface area contributed by atoms with Crippen LogP contribution in [0.15, 0.2) is 36.5 Å². The first-order chi connectivity index (χ1) is 10.1. The molecule has 0 fully saturated rings. The average Bonchev–Trinajstić information content (AvgIpc) is 2.48. The lowest BCUT2D eigenvalue weighted by Gasteiger charge is -2.09. The van der Waals surface area contributed by atoms with Gasteiger partial charge in [0.15, 0.2) is 0 Å². The van der Waals surface area contributed by atoms with Crippen molar-refractivity contribution < 1.29 is 4.79 Å². The highest BCUT2D eigenvalue weighted by atomic mass is 16.1. The number of amides is 1. The molecule has 0 aliphatic heterocycles. The molecule has 0 bridgehead atoms. The molecule has 106 valence electrons. The predicted octanol–water partition coefficient (Wildman–Crippen LogP) is 2.26. The summed E-state index contributed by atoms with van der Waals surface area (Å²) in [5.41, 5.74) is 9.31. The molecule has 4 nitrogen and oxygen atoms in total. The Balaban J connectivity index is 2.24. The number of aryl methyl sites for hydroxylation is 2. The molecule has 0 saturated carbocycles. The number of carbonyl (C=O) groups excluding carboxylic acids is 1. The van der Waals surface area contributed by atoms with Crippen molar-refractivity contribution in [1.29, 1.82) is 0 Å². The van der Waals surface area contributed by atoms with Gasteiger partial charge >= 0.3 is 0 Å². The fraction of sp³-hybridized carbons (Fsp3) is 0.176. The monoisotopic (exact) mass is 279 g/mol. The summed E-state index contributed by atoms with van der Waals surface area (Å²) in [7, 11) is 0. The van der Waals surface area contributed by atoms with Crippen LogP contribution in [0.3, 0.4) is 0 Å². The van der Waals surface area contributed by atoms with Gasteiger partial charge in [-0.2, -0.15) is 0 Å². The first-order valence-corrected chi connectivity index (χ1v) is 6.64. The van der Waals surface area contributed by atoms with Gasteiger partial charge in [-0.1, -0.05) is 17.9 Å². The van der Waals surface area contributed by atoms with Crippen LogP contribution in [0.2, 0.25) is 0 Å². The number of nitrogens with zero attached hydrogens (tertiary/aromatic N) is 1. The zero-order valence-corrected chi connectivity index (χ0v) is 12.1. The van der Waals surface area contributed by atoms with Gasteiger partial charge in [0.05, 0.1) is 6.54 Å². The van der Waals surface area contributed by atoms with E-state index in [2.05, 4.69) is 22.1 Å². The number of hydrogen-bond donors (Lipinski definition) is 2. The topological polar surface area (TPSA) is 68.0 Å². The van der Waals surface area contributed by atoms with Crippen molar-refractivity contribution in [2.75, 3.05) is 11.9 Å². The maximum absolute atomic E-state index is 12.2. The van der Waals surface area contributed by atoms with E-state index in [4.69, 9.17) is 5.73 Å². The van der Waals surface area contributed by atoms with Crippen molar-refractivity contribution in [2.45, 2.75) is 13.8 Å². The minimum Gasteiger partial charge on any atom is -0.322 e. The molecule has 21 heavy (non-hydrogen) atoms. The van der Waals surface area contributed by atoms with Crippen LogP contribution in [0.5, 0.6) is 0 Å². The second kappa shape index (κ2) is 6.69. The van der Waals surface area contributed by atoms with Gasteiger partial charge in [-0.05, 0) is 43.7 Å². The molecule has 1 amide bonds. The molecule has 1 aromatic heterocycles. The molecule has 0 spiro atoms. The highest BCUT2D eigenvalue weighted by molar-refractivity contribution is 6.04. The van der Waals surface area contributed by atoms with Crippen LogP contribution in [0.4, 0.5) is 5.69 Å². The highest BCUT2D eigenvalue weighted by Crippen LogP contribution is 2.17. The van der Waals surface area contributed by atoms with Crippen LogP contribution >= 0.6 is 0 Å². The van der Waals surface area contributed by atoms with Crippen LogP contribution in [0.1, 0.15) is 27.2 Å². The third-order valence-corrected chi connectivity index (χ3v) is 2.98. The molecule has 0 aliphatic carbocycles. The molecule has 3 N–H and O–H groups in total. The summed E-state index contributed by atoms with van der Waals surface area (Å²) in [5, 5.41) is 2.90. The molecule has 1 aromatic carbocycles. The molecular weight excluding hydrogens is 262 g/mol. The number of benzene rings is 1. The molecule has 0 saturated heterocycles. The number of nitrogens with one attached hydrogen (secondary N) is 1. The third kappa shape index (κ3) is 3.91. The first kappa shape index (κ1) is 14.8. The van der Waals surface area contributed by atoms with Crippen molar-refractivity contribution in [2.24, 2.45) is 5.73 Å². The van der Waals surface area contributed by atoms with Gasteiger partial charge in [-0.15, -0.1) is 0 Å². The summed E-state index contributed by atoms with van der Waals surface area (Å²) >= 11 is 0. The van der Waals surface area contributed by atoms with Crippen LogP contribution in [0, 0.1) is 25.7 Å². The molecule has 1 heterocycles. The standard InChI is InChI=1S/C17H17N3O/c1-12-5-6-14(4-3-8-18)11-16(12)20-17(21)15-7-9-19-13(2)10-15/h5-7,9-11H,8,18H2,1-2H3,(H,20,21). The molecule has 0 radical (unpaired) electrons. The Hall–Kier alpha value is -2.64. The normalized spacial score (nSPS) is 9.67. The van der Waals surface area contributed by atoms with E-state index in [0.717, 1.165) is 22.5 Å². The number of hydrogen-bond acceptors (Lipinski definition) is 3. The summed E-state index contributed by atoms with van der Waals surface area (Å²) < 4.78 is 0. The highest BCUT2D eigenvalue weighted by Gasteiger charge is 2.08. The van der Waals surface area contributed by atoms with Crippen molar-refractivity contribution in [3.63, 3.8) is 0 Å². The second-order valence-corrected chi connectivity index (χ2v) is 4.68. The van der Waals surface area contributed by atoms with Crippen molar-refractivity contribution in [3.8, 4) is 11.8 Å². The zero-order chi connectivity index (χ0) is 15.2. The smallest absolute Gasteiger partial charge is 0.255 e. The van der Waals surface area contributed by atoms with Gasteiger partial charge in [-0.3, -0.25) is 9.78 Å². The lowest BCUT2D eigenvalue weighted by molar-refractivity contribution is 0.102. The fourth-order valence-corrected chi connectivity index (χ4v) is 1.87. The fourth-order valence-electron chi connectivity index (χ4n) is 1.87. The van der Waals surface area contributed by atoms with E-state index in [1.54, 1.807) is 18.3 Å². The molecule has 2 aromatic rings.